The van der Waals surface area contributed by atoms with Gasteiger partial charge in [-0.25, -0.2) is 8.42 Å². The number of anilines is 1. The third kappa shape index (κ3) is 9.37. The van der Waals surface area contributed by atoms with E-state index in [1.54, 1.807) is 30.3 Å². The van der Waals surface area contributed by atoms with E-state index < -0.39 is 28.5 Å². The number of amides is 2. The molecular formula is C38H40Cl3N3O4S. The van der Waals surface area contributed by atoms with Gasteiger partial charge in [0, 0.05) is 24.0 Å². The molecule has 1 atom stereocenters. The number of nitrogens with zero attached hydrogens (tertiary/aromatic N) is 2. The maximum Gasteiger partial charge on any atom is 0.264 e. The van der Waals surface area contributed by atoms with Crippen molar-refractivity contribution in [2.75, 3.05) is 10.8 Å². The molecule has 7 nitrogen and oxygen atoms in total. The molecule has 5 rings (SSSR count). The largest absolute Gasteiger partial charge is 0.352 e. The zero-order valence-corrected chi connectivity index (χ0v) is 30.6. The number of hydrogen-bond acceptors (Lipinski definition) is 4. The van der Waals surface area contributed by atoms with E-state index in [0.29, 0.717) is 26.3 Å². The maximum absolute atomic E-state index is 14.8. The Balaban J connectivity index is 1.59. The number of carbonyl (C=O) groups excluding carboxylic acids is 2. The van der Waals surface area contributed by atoms with Crippen molar-refractivity contribution in [2.45, 2.75) is 75.9 Å². The number of nitrogens with one attached hydrogen (secondary N) is 1. The Kier molecular flexibility index (Phi) is 12.3. The third-order valence-corrected chi connectivity index (χ3v) is 11.8. The van der Waals surface area contributed by atoms with Crippen LogP contribution in [0.3, 0.4) is 0 Å². The minimum atomic E-state index is -4.25. The van der Waals surface area contributed by atoms with Gasteiger partial charge in [-0.3, -0.25) is 13.9 Å². The summed E-state index contributed by atoms with van der Waals surface area (Å²) in [5, 5.41) is 4.26. The molecule has 2 amide bonds. The van der Waals surface area contributed by atoms with Crippen LogP contribution in [0.15, 0.2) is 95.9 Å². The molecule has 258 valence electrons. The normalized spacial score (nSPS) is 14.2. The number of rotatable bonds is 12. The monoisotopic (exact) mass is 739 g/mol. The zero-order valence-electron chi connectivity index (χ0n) is 27.5. The van der Waals surface area contributed by atoms with Crippen LogP contribution in [0.5, 0.6) is 0 Å². The van der Waals surface area contributed by atoms with Crippen LogP contribution in [0, 0.1) is 13.8 Å². The second-order valence-corrected chi connectivity index (χ2v) is 15.7. The Morgan fingerprint density at radius 3 is 2.14 bits per heavy atom. The Morgan fingerprint density at radius 2 is 1.49 bits per heavy atom. The van der Waals surface area contributed by atoms with Gasteiger partial charge in [-0.15, -0.1) is 0 Å². The molecule has 49 heavy (non-hydrogen) atoms. The summed E-state index contributed by atoms with van der Waals surface area (Å²) in [5.74, 6) is -0.844. The highest BCUT2D eigenvalue weighted by Crippen LogP contribution is 2.29. The molecule has 0 aliphatic heterocycles. The van der Waals surface area contributed by atoms with E-state index in [2.05, 4.69) is 5.32 Å². The number of hydrogen-bond donors (Lipinski definition) is 1. The zero-order chi connectivity index (χ0) is 35.1. The second-order valence-electron chi connectivity index (χ2n) is 12.6. The van der Waals surface area contributed by atoms with Crippen molar-refractivity contribution in [3.05, 3.63) is 128 Å². The van der Waals surface area contributed by atoms with Crippen LogP contribution in [0.2, 0.25) is 15.1 Å². The van der Waals surface area contributed by atoms with Gasteiger partial charge in [0.25, 0.3) is 10.0 Å². The van der Waals surface area contributed by atoms with Crippen LogP contribution in [0.4, 0.5) is 5.69 Å². The SMILES string of the molecule is Cc1ccc(N(CC(=O)N(Cc2ccc(Cl)c(Cl)c2)C(Cc2ccccc2)C(=O)NC2CCCCC2)S(=O)(=O)c2ccc(Cl)cc2)cc1C. The Labute approximate surface area is 304 Å². The lowest BCUT2D eigenvalue weighted by Crippen LogP contribution is -2.55. The number of sulfonamides is 1. The first-order valence-corrected chi connectivity index (χ1v) is 18.9. The van der Waals surface area contributed by atoms with E-state index in [1.165, 1.54) is 29.2 Å². The van der Waals surface area contributed by atoms with Gasteiger partial charge in [0.2, 0.25) is 11.8 Å². The highest BCUT2D eigenvalue weighted by atomic mass is 35.5. The minimum Gasteiger partial charge on any atom is -0.352 e. The van der Waals surface area contributed by atoms with Crippen molar-refractivity contribution >= 4 is 62.3 Å². The molecule has 4 aromatic rings. The van der Waals surface area contributed by atoms with Crippen LogP contribution in [0.25, 0.3) is 0 Å². The molecule has 1 aliphatic rings. The van der Waals surface area contributed by atoms with Crippen molar-refractivity contribution in [3.63, 3.8) is 0 Å². The maximum atomic E-state index is 14.8. The second kappa shape index (κ2) is 16.4. The van der Waals surface area contributed by atoms with Gasteiger partial charge in [-0.2, -0.15) is 0 Å². The van der Waals surface area contributed by atoms with Gasteiger partial charge < -0.3 is 10.2 Å². The van der Waals surface area contributed by atoms with Crippen molar-refractivity contribution in [1.82, 2.24) is 10.2 Å². The van der Waals surface area contributed by atoms with Crippen LogP contribution in [-0.2, 0) is 32.6 Å². The first-order chi connectivity index (χ1) is 23.4. The molecule has 0 saturated heterocycles. The summed E-state index contributed by atoms with van der Waals surface area (Å²) >= 11 is 18.7. The number of halogens is 3. The lowest BCUT2D eigenvalue weighted by Gasteiger charge is -2.35. The summed E-state index contributed by atoms with van der Waals surface area (Å²) in [4.78, 5) is 30.5. The topological polar surface area (TPSA) is 86.8 Å². The molecule has 4 aromatic carbocycles. The van der Waals surface area contributed by atoms with Gasteiger partial charge >= 0.3 is 0 Å². The summed E-state index contributed by atoms with van der Waals surface area (Å²) in [6.07, 6.45) is 5.12. The predicted molar refractivity (Wildman–Crippen MR) is 198 cm³/mol. The minimum absolute atomic E-state index is 0.00114. The molecule has 0 spiro atoms. The molecule has 0 radical (unpaired) electrons. The molecule has 0 bridgehead atoms. The van der Waals surface area contributed by atoms with E-state index in [4.69, 9.17) is 34.8 Å². The van der Waals surface area contributed by atoms with Crippen LogP contribution in [0.1, 0.15) is 54.4 Å². The lowest BCUT2D eigenvalue weighted by molar-refractivity contribution is -0.140. The average molecular weight is 741 g/mol. The smallest absolute Gasteiger partial charge is 0.264 e. The molecule has 1 N–H and O–H groups in total. The fourth-order valence-electron chi connectivity index (χ4n) is 6.08. The van der Waals surface area contributed by atoms with Gasteiger partial charge in [-0.05, 0) is 97.5 Å². The third-order valence-electron chi connectivity index (χ3n) is 9.02. The summed E-state index contributed by atoms with van der Waals surface area (Å²) in [6.45, 7) is 3.25. The van der Waals surface area contributed by atoms with Crippen LogP contribution < -0.4 is 9.62 Å². The fraction of sp³-hybridized carbons (Fsp3) is 0.316. The summed E-state index contributed by atoms with van der Waals surface area (Å²) in [6, 6.07) is 24.7. The molecule has 1 aliphatic carbocycles. The van der Waals surface area contributed by atoms with E-state index >= 15 is 0 Å². The predicted octanol–water partition coefficient (Wildman–Crippen LogP) is 8.55. The molecule has 0 heterocycles. The Morgan fingerprint density at radius 1 is 0.796 bits per heavy atom. The van der Waals surface area contributed by atoms with Gasteiger partial charge in [-0.1, -0.05) is 96.5 Å². The van der Waals surface area contributed by atoms with E-state index in [-0.39, 0.29) is 29.8 Å². The van der Waals surface area contributed by atoms with Crippen molar-refractivity contribution in [3.8, 4) is 0 Å². The Hall–Kier alpha value is -3.56. The molecule has 1 fully saturated rings. The Bertz CT molecular complexity index is 1880. The average Bonchev–Trinajstić information content (AvgIpc) is 3.09. The molecule has 11 heteroatoms. The highest BCUT2D eigenvalue weighted by Gasteiger charge is 2.35. The van der Waals surface area contributed by atoms with Crippen LogP contribution in [-0.4, -0.2) is 43.8 Å². The van der Waals surface area contributed by atoms with E-state index in [1.807, 2.05) is 50.2 Å². The molecule has 0 aromatic heterocycles. The summed E-state index contributed by atoms with van der Waals surface area (Å²) in [7, 11) is -4.25. The molecular weight excluding hydrogens is 701 g/mol. The molecule has 1 unspecified atom stereocenters. The van der Waals surface area contributed by atoms with Gasteiger partial charge in [0.1, 0.15) is 12.6 Å². The van der Waals surface area contributed by atoms with Crippen molar-refractivity contribution < 1.29 is 18.0 Å². The van der Waals surface area contributed by atoms with Gasteiger partial charge in [0.15, 0.2) is 0 Å². The lowest BCUT2D eigenvalue weighted by atomic mass is 9.94. The van der Waals surface area contributed by atoms with Crippen LogP contribution >= 0.6 is 34.8 Å². The number of benzene rings is 4. The first kappa shape index (κ1) is 36.7. The number of carbonyl (C=O) groups is 2. The summed E-state index contributed by atoms with van der Waals surface area (Å²) < 4.78 is 29.7. The fourth-order valence-corrected chi connectivity index (χ4v) is 7.93. The van der Waals surface area contributed by atoms with Crippen molar-refractivity contribution in [2.24, 2.45) is 0 Å². The molecule has 1 saturated carbocycles. The first-order valence-electron chi connectivity index (χ1n) is 16.4. The van der Waals surface area contributed by atoms with Crippen molar-refractivity contribution in [1.29, 1.82) is 0 Å². The standard InChI is InChI=1S/C38H40Cl3N3O4S/c1-26-13-17-32(21-27(26)2)44(49(47,48)33-18-15-30(39)16-19-33)25-37(45)43(24-29-14-20-34(40)35(41)22-29)36(23-28-9-5-3-6-10-28)38(46)42-31-11-7-4-8-12-31/h3,5-6,9-10,13-22,31,36H,4,7-8,11-12,23-25H2,1-2H3,(H,42,46). The van der Waals surface area contributed by atoms with E-state index in [0.717, 1.165) is 53.1 Å². The summed E-state index contributed by atoms with van der Waals surface area (Å²) in [5.41, 5.74) is 3.67. The van der Waals surface area contributed by atoms with Gasteiger partial charge in [0.05, 0.1) is 20.6 Å². The highest BCUT2D eigenvalue weighted by molar-refractivity contribution is 7.92. The van der Waals surface area contributed by atoms with E-state index in [9.17, 15) is 18.0 Å². The quantitative estimate of drug-likeness (QED) is 0.158. The number of aryl methyl sites for hydroxylation is 2.